The maximum atomic E-state index is 9.64. The first-order valence-corrected chi connectivity index (χ1v) is 8.98. The number of rotatable bonds is 4. The Kier molecular flexibility index (Phi) is 4.55. The Hall–Kier alpha value is -2.91. The van der Waals surface area contributed by atoms with Crippen LogP contribution >= 0.6 is 0 Å². The molecule has 2 aromatic heterocycles. The predicted octanol–water partition coefficient (Wildman–Crippen LogP) is 3.20. The molecule has 0 unspecified atom stereocenters. The Morgan fingerprint density at radius 2 is 2.04 bits per heavy atom. The summed E-state index contributed by atoms with van der Waals surface area (Å²) in [7, 11) is 0. The van der Waals surface area contributed by atoms with E-state index < -0.39 is 0 Å². The van der Waals surface area contributed by atoms with Crippen LogP contribution in [0, 0.1) is 11.3 Å². The van der Waals surface area contributed by atoms with Gasteiger partial charge in [-0.15, -0.1) is 0 Å². The van der Waals surface area contributed by atoms with E-state index in [9.17, 15) is 5.11 Å². The van der Waals surface area contributed by atoms with Crippen molar-refractivity contribution < 1.29 is 5.11 Å². The number of aliphatic hydroxyl groups is 1. The molecule has 0 amide bonds. The normalized spacial score (nSPS) is 20.0. The number of hydrogen-bond acceptors (Lipinski definition) is 5. The van der Waals surface area contributed by atoms with Gasteiger partial charge in [0, 0.05) is 23.8 Å². The average molecular weight is 347 g/mol. The third-order valence-corrected chi connectivity index (χ3v) is 5.01. The van der Waals surface area contributed by atoms with Gasteiger partial charge < -0.3 is 15.0 Å². The lowest BCUT2D eigenvalue weighted by Crippen LogP contribution is -2.29. The number of aliphatic hydroxyl groups excluding tert-OH is 1. The largest absolute Gasteiger partial charge is 0.393 e. The van der Waals surface area contributed by atoms with Gasteiger partial charge in [0.05, 0.1) is 24.1 Å². The van der Waals surface area contributed by atoms with Crippen molar-refractivity contribution in [2.45, 2.75) is 44.2 Å². The first-order valence-electron chi connectivity index (χ1n) is 8.98. The third-order valence-electron chi connectivity index (χ3n) is 5.01. The summed E-state index contributed by atoms with van der Waals surface area (Å²) in [5.74, 6) is 1.40. The molecule has 1 aliphatic rings. The highest BCUT2D eigenvalue weighted by molar-refractivity contribution is 5.85. The predicted molar refractivity (Wildman–Crippen MR) is 100 cm³/mol. The van der Waals surface area contributed by atoms with Gasteiger partial charge >= 0.3 is 0 Å². The minimum atomic E-state index is -0.172. The molecule has 0 radical (unpaired) electrons. The number of hydrogen-bond donors (Lipinski definition) is 2. The van der Waals surface area contributed by atoms with E-state index in [-0.39, 0.29) is 6.10 Å². The average Bonchev–Trinajstić information content (AvgIpc) is 3.09. The summed E-state index contributed by atoms with van der Waals surface area (Å²) >= 11 is 0. The molecule has 1 fully saturated rings. The maximum Gasteiger partial charge on any atom is 0.224 e. The van der Waals surface area contributed by atoms with Crippen molar-refractivity contribution in [2.75, 3.05) is 5.32 Å². The van der Waals surface area contributed by atoms with E-state index in [0.29, 0.717) is 18.4 Å². The molecule has 1 aromatic carbocycles. The first kappa shape index (κ1) is 16.6. The molecule has 26 heavy (non-hydrogen) atoms. The van der Waals surface area contributed by atoms with Crippen molar-refractivity contribution in [2.24, 2.45) is 0 Å². The second-order valence-corrected chi connectivity index (χ2v) is 6.76. The molecular formula is C20H21N5O. The summed E-state index contributed by atoms with van der Waals surface area (Å²) in [4.78, 5) is 9.02. The van der Waals surface area contributed by atoms with Crippen LogP contribution in [0.3, 0.4) is 0 Å². The molecule has 6 nitrogen and oxygen atoms in total. The molecule has 0 atom stereocenters. The van der Waals surface area contributed by atoms with Crippen molar-refractivity contribution in [3.05, 3.63) is 48.3 Å². The number of anilines is 1. The Morgan fingerprint density at radius 3 is 2.85 bits per heavy atom. The van der Waals surface area contributed by atoms with Gasteiger partial charge in [-0.1, -0.05) is 12.1 Å². The molecule has 0 aliphatic heterocycles. The van der Waals surface area contributed by atoms with E-state index in [1.807, 2.05) is 41.1 Å². The number of benzene rings is 1. The smallest absolute Gasteiger partial charge is 0.224 e. The fraction of sp³-hybridized carbons (Fsp3) is 0.350. The van der Waals surface area contributed by atoms with Crippen molar-refractivity contribution in [3.63, 3.8) is 0 Å². The van der Waals surface area contributed by atoms with Crippen LogP contribution in [-0.4, -0.2) is 31.8 Å². The van der Waals surface area contributed by atoms with E-state index in [1.54, 1.807) is 6.20 Å². The maximum absolute atomic E-state index is 9.64. The fourth-order valence-electron chi connectivity index (χ4n) is 3.63. The Morgan fingerprint density at radius 1 is 1.19 bits per heavy atom. The Bertz CT molecular complexity index is 950. The lowest BCUT2D eigenvalue weighted by Gasteiger charge is -2.26. The van der Waals surface area contributed by atoms with Crippen LogP contribution in [0.5, 0.6) is 0 Å². The summed E-state index contributed by atoms with van der Waals surface area (Å²) in [5, 5.41) is 23.1. The standard InChI is InChI=1S/C20H21N5O/c21-11-8-14-2-1-3-18-17(14)10-13-25(18)19-9-12-22-20(24-19)23-15-4-6-16(26)7-5-15/h1-3,9-10,12-13,15-16,26H,4-8H2,(H,22,23,24). The molecule has 1 saturated carbocycles. The van der Waals surface area contributed by atoms with Crippen LogP contribution in [0.4, 0.5) is 5.95 Å². The summed E-state index contributed by atoms with van der Waals surface area (Å²) < 4.78 is 2.02. The second-order valence-electron chi connectivity index (χ2n) is 6.76. The monoisotopic (exact) mass is 347 g/mol. The number of fused-ring (bicyclic) bond motifs is 1. The van der Waals surface area contributed by atoms with E-state index in [1.165, 1.54) is 0 Å². The molecule has 132 valence electrons. The highest BCUT2D eigenvalue weighted by Gasteiger charge is 2.20. The molecule has 0 spiro atoms. The summed E-state index contributed by atoms with van der Waals surface area (Å²) in [6.45, 7) is 0. The van der Waals surface area contributed by atoms with Crippen molar-refractivity contribution in [3.8, 4) is 11.9 Å². The number of nitrogens with one attached hydrogen (secondary N) is 1. The van der Waals surface area contributed by atoms with Gasteiger partial charge in [-0.05, 0) is 49.4 Å². The second kappa shape index (κ2) is 7.14. The van der Waals surface area contributed by atoms with Gasteiger partial charge in [-0.25, -0.2) is 4.98 Å². The minimum absolute atomic E-state index is 0.172. The zero-order chi connectivity index (χ0) is 17.9. The molecule has 2 heterocycles. The zero-order valence-electron chi connectivity index (χ0n) is 14.5. The first-order chi connectivity index (χ1) is 12.7. The SMILES string of the molecule is N#CCc1cccc2c1ccn2-c1ccnc(NC2CCC(O)CC2)n1. The van der Waals surface area contributed by atoms with Crippen molar-refractivity contribution in [1.82, 2.24) is 14.5 Å². The zero-order valence-corrected chi connectivity index (χ0v) is 14.5. The lowest BCUT2D eigenvalue weighted by atomic mass is 9.93. The van der Waals surface area contributed by atoms with E-state index in [0.717, 1.165) is 48.0 Å². The highest BCUT2D eigenvalue weighted by Crippen LogP contribution is 2.24. The van der Waals surface area contributed by atoms with Crippen LogP contribution in [0.15, 0.2) is 42.7 Å². The van der Waals surface area contributed by atoms with Gasteiger partial charge in [0.1, 0.15) is 5.82 Å². The van der Waals surface area contributed by atoms with Gasteiger partial charge in [0.25, 0.3) is 0 Å². The summed E-state index contributed by atoms with van der Waals surface area (Å²) in [6, 6.07) is 12.4. The van der Waals surface area contributed by atoms with Crippen LogP contribution in [0.2, 0.25) is 0 Å². The van der Waals surface area contributed by atoms with E-state index in [4.69, 9.17) is 5.26 Å². The number of nitrogens with zero attached hydrogens (tertiary/aromatic N) is 4. The van der Waals surface area contributed by atoms with Crippen molar-refractivity contribution >= 4 is 16.9 Å². The molecule has 1 aliphatic carbocycles. The lowest BCUT2D eigenvalue weighted by molar-refractivity contribution is 0.126. The Labute approximate surface area is 152 Å². The number of aromatic nitrogens is 3. The van der Waals surface area contributed by atoms with Gasteiger partial charge in [0.2, 0.25) is 5.95 Å². The quantitative estimate of drug-likeness (QED) is 0.757. The Balaban J connectivity index is 1.62. The summed E-state index contributed by atoms with van der Waals surface area (Å²) in [5.41, 5.74) is 2.06. The van der Waals surface area contributed by atoms with Crippen molar-refractivity contribution in [1.29, 1.82) is 5.26 Å². The van der Waals surface area contributed by atoms with Gasteiger partial charge in [0.15, 0.2) is 0 Å². The number of nitriles is 1. The molecule has 0 bridgehead atoms. The van der Waals surface area contributed by atoms with Gasteiger partial charge in [-0.3, -0.25) is 0 Å². The summed E-state index contributed by atoms with van der Waals surface area (Å²) in [6.07, 6.45) is 7.46. The molecule has 6 heteroatoms. The topological polar surface area (TPSA) is 86.8 Å². The molecular weight excluding hydrogens is 326 g/mol. The van der Waals surface area contributed by atoms with Crippen LogP contribution in [0.1, 0.15) is 31.2 Å². The highest BCUT2D eigenvalue weighted by atomic mass is 16.3. The molecule has 3 aromatic rings. The van der Waals surface area contributed by atoms with Crippen LogP contribution < -0.4 is 5.32 Å². The van der Waals surface area contributed by atoms with Crippen LogP contribution in [-0.2, 0) is 6.42 Å². The van der Waals surface area contributed by atoms with Gasteiger partial charge in [-0.2, -0.15) is 10.2 Å². The van der Waals surface area contributed by atoms with Crippen LogP contribution in [0.25, 0.3) is 16.7 Å². The fourth-order valence-corrected chi connectivity index (χ4v) is 3.63. The minimum Gasteiger partial charge on any atom is -0.393 e. The van der Waals surface area contributed by atoms with E-state index in [2.05, 4.69) is 21.4 Å². The molecule has 4 rings (SSSR count). The third kappa shape index (κ3) is 3.26. The molecule has 0 saturated heterocycles. The molecule has 2 N–H and O–H groups in total. The van der Waals surface area contributed by atoms with E-state index >= 15 is 0 Å².